The molecule has 0 radical (unpaired) electrons. The monoisotopic (exact) mass is 276 g/mol. The maximum absolute atomic E-state index is 13.2. The summed E-state index contributed by atoms with van der Waals surface area (Å²) in [5.74, 6) is 0.706. The Morgan fingerprint density at radius 1 is 1.50 bits per heavy atom. The van der Waals surface area contributed by atoms with Crippen molar-refractivity contribution in [2.24, 2.45) is 5.92 Å². The van der Waals surface area contributed by atoms with Crippen molar-refractivity contribution >= 4 is 0 Å². The quantitative estimate of drug-likeness (QED) is 0.868. The van der Waals surface area contributed by atoms with E-state index in [1.807, 2.05) is 13.8 Å². The molecule has 0 bridgehead atoms. The number of halogens is 1. The summed E-state index contributed by atoms with van der Waals surface area (Å²) in [5, 5.41) is 12.9. The van der Waals surface area contributed by atoms with Gasteiger partial charge in [0, 0.05) is 6.04 Å². The van der Waals surface area contributed by atoms with Crippen molar-refractivity contribution in [1.82, 2.24) is 5.32 Å². The molecule has 1 aliphatic rings. The van der Waals surface area contributed by atoms with Crippen LogP contribution in [0.5, 0.6) is 5.75 Å². The number of nitrogens with zero attached hydrogens (tertiary/aromatic N) is 1. The lowest BCUT2D eigenvalue weighted by Crippen LogP contribution is -2.53. The topological polar surface area (TPSA) is 45.0 Å². The number of benzene rings is 1. The smallest absolute Gasteiger partial charge is 0.144 e. The van der Waals surface area contributed by atoms with Crippen molar-refractivity contribution < 1.29 is 9.13 Å². The highest BCUT2D eigenvalue weighted by atomic mass is 19.1. The minimum Gasteiger partial charge on any atom is -0.491 e. The summed E-state index contributed by atoms with van der Waals surface area (Å²) in [6.07, 6.45) is 2.11. The lowest BCUT2D eigenvalue weighted by atomic mass is 9.95. The maximum Gasteiger partial charge on any atom is 0.144 e. The largest absolute Gasteiger partial charge is 0.491 e. The van der Waals surface area contributed by atoms with Gasteiger partial charge in [-0.05, 0) is 63.3 Å². The molecule has 1 atom stereocenters. The molecule has 1 unspecified atom stereocenters. The normalized spacial score (nSPS) is 17.6. The molecule has 0 aliphatic heterocycles. The van der Waals surface area contributed by atoms with Crippen molar-refractivity contribution in [3.8, 4) is 11.8 Å². The molecule has 1 aromatic carbocycles. The molecular weight excluding hydrogens is 255 g/mol. The molecular formula is C16H21FN2O. The second kappa shape index (κ2) is 5.80. The Balaban J connectivity index is 2.08. The third-order valence-corrected chi connectivity index (χ3v) is 3.62. The number of nitrogens with one attached hydrogen (secondary N) is 1. The van der Waals surface area contributed by atoms with Gasteiger partial charge in [-0.3, -0.25) is 5.32 Å². The number of aryl methyl sites for hydroxylation is 1. The molecule has 1 aromatic rings. The van der Waals surface area contributed by atoms with Gasteiger partial charge in [0.15, 0.2) is 0 Å². The zero-order valence-corrected chi connectivity index (χ0v) is 12.2. The van der Waals surface area contributed by atoms with E-state index in [-0.39, 0.29) is 18.5 Å². The van der Waals surface area contributed by atoms with Gasteiger partial charge in [-0.25, -0.2) is 4.39 Å². The third kappa shape index (κ3) is 3.29. The third-order valence-electron chi connectivity index (χ3n) is 3.62. The lowest BCUT2D eigenvalue weighted by Gasteiger charge is -2.30. The molecule has 108 valence electrons. The molecule has 20 heavy (non-hydrogen) atoms. The minimum absolute atomic E-state index is 0.216. The highest BCUT2D eigenvalue weighted by Gasteiger charge is 2.46. The molecule has 1 saturated carbocycles. The Bertz CT molecular complexity index is 520. The number of rotatable bonds is 6. The summed E-state index contributed by atoms with van der Waals surface area (Å²) in [4.78, 5) is 0. The molecule has 0 heterocycles. The van der Waals surface area contributed by atoms with E-state index in [1.165, 1.54) is 6.07 Å². The van der Waals surface area contributed by atoms with Crippen LogP contribution in [0.15, 0.2) is 18.2 Å². The van der Waals surface area contributed by atoms with E-state index in [0.29, 0.717) is 17.2 Å². The first-order valence-electron chi connectivity index (χ1n) is 7.05. The average Bonchev–Trinajstić information content (AvgIpc) is 3.23. The molecule has 1 fully saturated rings. The van der Waals surface area contributed by atoms with Crippen LogP contribution in [0.1, 0.15) is 32.3 Å². The maximum atomic E-state index is 13.2. The first-order chi connectivity index (χ1) is 9.47. The number of nitriles is 1. The molecule has 0 spiro atoms. The van der Waals surface area contributed by atoms with Crippen LogP contribution in [0.25, 0.3) is 0 Å². The number of hydrogen-bond donors (Lipinski definition) is 1. The summed E-state index contributed by atoms with van der Waals surface area (Å²) in [6, 6.07) is 7.28. The summed E-state index contributed by atoms with van der Waals surface area (Å²) in [6.45, 7) is 6.04. The molecule has 0 saturated heterocycles. The molecule has 1 N–H and O–H groups in total. The van der Waals surface area contributed by atoms with Crippen molar-refractivity contribution in [2.75, 3.05) is 6.61 Å². The summed E-state index contributed by atoms with van der Waals surface area (Å²) in [5.41, 5.74) is -0.0931. The van der Waals surface area contributed by atoms with Gasteiger partial charge >= 0.3 is 0 Å². The van der Waals surface area contributed by atoms with Crippen LogP contribution < -0.4 is 10.1 Å². The molecule has 3 nitrogen and oxygen atoms in total. The van der Waals surface area contributed by atoms with Crippen LogP contribution in [0.2, 0.25) is 0 Å². The van der Waals surface area contributed by atoms with Gasteiger partial charge in [-0.1, -0.05) is 0 Å². The second-order valence-corrected chi connectivity index (χ2v) is 5.86. The van der Waals surface area contributed by atoms with Crippen LogP contribution in [0.4, 0.5) is 4.39 Å². The van der Waals surface area contributed by atoms with E-state index >= 15 is 0 Å². The van der Waals surface area contributed by atoms with Crippen molar-refractivity contribution in [3.63, 3.8) is 0 Å². The van der Waals surface area contributed by atoms with Gasteiger partial charge in [0.1, 0.15) is 23.7 Å². The molecule has 1 aliphatic carbocycles. The Kier molecular flexibility index (Phi) is 4.29. The van der Waals surface area contributed by atoms with Gasteiger partial charge in [-0.2, -0.15) is 5.26 Å². The average molecular weight is 276 g/mol. The number of ether oxygens (including phenoxy) is 1. The van der Waals surface area contributed by atoms with Gasteiger partial charge in [-0.15, -0.1) is 0 Å². The number of hydrogen-bond acceptors (Lipinski definition) is 3. The van der Waals surface area contributed by atoms with Crippen molar-refractivity contribution in [3.05, 3.63) is 29.6 Å². The molecule has 4 heteroatoms. The van der Waals surface area contributed by atoms with Crippen LogP contribution in [0.3, 0.4) is 0 Å². The SMILES string of the molecule is Cc1cc(OCC(C#N)(NC(C)C)C2CC2)ccc1F. The van der Waals surface area contributed by atoms with Crippen LogP contribution in [0, 0.1) is 30.0 Å². The highest BCUT2D eigenvalue weighted by molar-refractivity contribution is 5.29. The lowest BCUT2D eigenvalue weighted by molar-refractivity contribution is 0.192. The van der Waals surface area contributed by atoms with Gasteiger partial charge < -0.3 is 4.74 Å². The summed E-state index contributed by atoms with van der Waals surface area (Å²) in [7, 11) is 0. The van der Waals surface area contributed by atoms with E-state index < -0.39 is 5.54 Å². The summed E-state index contributed by atoms with van der Waals surface area (Å²) >= 11 is 0. The molecule has 2 rings (SSSR count). The Morgan fingerprint density at radius 2 is 2.20 bits per heavy atom. The van der Waals surface area contributed by atoms with E-state index in [2.05, 4.69) is 11.4 Å². The predicted molar refractivity (Wildman–Crippen MR) is 76.0 cm³/mol. The van der Waals surface area contributed by atoms with E-state index in [1.54, 1.807) is 19.1 Å². The Hall–Kier alpha value is -1.60. The van der Waals surface area contributed by atoms with E-state index in [0.717, 1.165) is 12.8 Å². The molecule has 0 amide bonds. The van der Waals surface area contributed by atoms with Crippen molar-refractivity contribution in [1.29, 1.82) is 5.26 Å². The first kappa shape index (κ1) is 14.8. The fraction of sp³-hybridized carbons (Fsp3) is 0.562. The van der Waals surface area contributed by atoms with Crippen LogP contribution >= 0.6 is 0 Å². The fourth-order valence-electron chi connectivity index (χ4n) is 2.43. The Morgan fingerprint density at radius 3 is 2.70 bits per heavy atom. The zero-order chi connectivity index (χ0) is 14.8. The highest BCUT2D eigenvalue weighted by Crippen LogP contribution is 2.40. The Labute approximate surface area is 119 Å². The zero-order valence-electron chi connectivity index (χ0n) is 12.2. The van der Waals surface area contributed by atoms with Crippen LogP contribution in [-0.2, 0) is 0 Å². The van der Waals surface area contributed by atoms with Crippen molar-refractivity contribution in [2.45, 2.75) is 45.2 Å². The first-order valence-corrected chi connectivity index (χ1v) is 7.05. The standard InChI is InChI=1S/C16H21FN2O/c1-11(2)19-16(9-18,13-4-5-13)10-20-14-6-7-15(17)12(3)8-14/h6-8,11,13,19H,4-5,10H2,1-3H3. The predicted octanol–water partition coefficient (Wildman–Crippen LogP) is 3.18. The van der Waals surface area contributed by atoms with Gasteiger partial charge in [0.05, 0.1) is 6.07 Å². The van der Waals surface area contributed by atoms with Gasteiger partial charge in [0.25, 0.3) is 0 Å². The summed E-state index contributed by atoms with van der Waals surface area (Å²) < 4.78 is 19.0. The minimum atomic E-state index is -0.642. The van der Waals surface area contributed by atoms with E-state index in [9.17, 15) is 9.65 Å². The van der Waals surface area contributed by atoms with E-state index in [4.69, 9.17) is 4.74 Å². The molecule has 0 aromatic heterocycles. The fourth-order valence-corrected chi connectivity index (χ4v) is 2.43. The van der Waals surface area contributed by atoms with Crippen LogP contribution in [-0.4, -0.2) is 18.2 Å². The van der Waals surface area contributed by atoms with Gasteiger partial charge in [0.2, 0.25) is 0 Å². The second-order valence-electron chi connectivity index (χ2n) is 5.86.